The number of rotatable bonds is 4. The van der Waals surface area contributed by atoms with E-state index in [9.17, 15) is 14.7 Å². The number of nitrogens with one attached hydrogen (secondary N) is 1. The number of aliphatic hydroxyl groups is 1. The fourth-order valence-corrected chi connectivity index (χ4v) is 2.45. The Balaban J connectivity index is 1.78. The van der Waals surface area contributed by atoms with E-state index in [0.29, 0.717) is 11.3 Å². The van der Waals surface area contributed by atoms with Crippen LogP contribution in [0.1, 0.15) is 23.0 Å². The number of para-hydroxylation sites is 1. The average Bonchev–Trinajstić information content (AvgIpc) is 3.00. The predicted molar refractivity (Wildman–Crippen MR) is 89.8 cm³/mol. The van der Waals surface area contributed by atoms with Crippen molar-refractivity contribution in [2.45, 2.75) is 12.5 Å². The number of aryl methyl sites for hydroxylation is 1. The molecule has 0 fully saturated rings. The zero-order valence-corrected chi connectivity index (χ0v) is 13.4. The number of carbonyl (C=O) groups is 1. The van der Waals surface area contributed by atoms with Crippen molar-refractivity contribution < 1.29 is 14.3 Å². The predicted octanol–water partition coefficient (Wildman–Crippen LogP) is 1.77. The molecule has 2 N–H and O–H groups in total. The smallest absolute Gasteiger partial charge is 0.263 e. The van der Waals surface area contributed by atoms with E-state index in [0.717, 1.165) is 5.39 Å². The van der Waals surface area contributed by atoms with Crippen LogP contribution in [0.3, 0.4) is 0 Å². The molecule has 0 unspecified atom stereocenters. The van der Waals surface area contributed by atoms with E-state index in [1.54, 1.807) is 38.4 Å². The summed E-state index contributed by atoms with van der Waals surface area (Å²) >= 11 is 0. The van der Waals surface area contributed by atoms with Crippen LogP contribution >= 0.6 is 0 Å². The van der Waals surface area contributed by atoms with Crippen LogP contribution in [0.25, 0.3) is 11.0 Å². The third-order valence-electron chi connectivity index (χ3n) is 3.92. The molecule has 1 aromatic carbocycles. The van der Waals surface area contributed by atoms with Gasteiger partial charge in [-0.05, 0) is 31.2 Å². The van der Waals surface area contributed by atoms with Crippen molar-refractivity contribution >= 4 is 16.9 Å². The summed E-state index contributed by atoms with van der Waals surface area (Å²) in [5.74, 6) is -0.183. The molecule has 0 aliphatic rings. The zero-order valence-electron chi connectivity index (χ0n) is 13.4. The van der Waals surface area contributed by atoms with Crippen molar-refractivity contribution in [2.24, 2.45) is 7.05 Å². The maximum atomic E-state index is 12.2. The van der Waals surface area contributed by atoms with Gasteiger partial charge in [-0.25, -0.2) is 0 Å². The van der Waals surface area contributed by atoms with Crippen LogP contribution < -0.4 is 10.9 Å². The molecule has 0 spiro atoms. The van der Waals surface area contributed by atoms with E-state index in [-0.39, 0.29) is 12.1 Å². The van der Waals surface area contributed by atoms with E-state index in [1.165, 1.54) is 10.6 Å². The lowest BCUT2D eigenvalue weighted by atomic mass is 10.0. The summed E-state index contributed by atoms with van der Waals surface area (Å²) in [6.45, 7) is 1.47. The first-order chi connectivity index (χ1) is 11.4. The van der Waals surface area contributed by atoms with Gasteiger partial charge in [0.1, 0.15) is 22.5 Å². The SMILES string of the molecule is Cn1cccc(C(=O)NC[C@](C)(O)c2cc3ccccc3o2)c1=O. The van der Waals surface area contributed by atoms with Gasteiger partial charge in [-0.2, -0.15) is 0 Å². The number of furan rings is 1. The molecule has 1 amide bonds. The maximum Gasteiger partial charge on any atom is 0.263 e. The average molecular weight is 326 g/mol. The fourth-order valence-electron chi connectivity index (χ4n) is 2.45. The Morgan fingerprint density at radius 2 is 2.04 bits per heavy atom. The largest absolute Gasteiger partial charge is 0.458 e. The van der Waals surface area contributed by atoms with Crippen LogP contribution in [0, 0.1) is 0 Å². The van der Waals surface area contributed by atoms with Gasteiger partial charge < -0.3 is 19.4 Å². The van der Waals surface area contributed by atoms with Gasteiger partial charge >= 0.3 is 0 Å². The molecule has 3 aromatic rings. The van der Waals surface area contributed by atoms with Gasteiger partial charge in [-0.15, -0.1) is 0 Å². The summed E-state index contributed by atoms with van der Waals surface area (Å²) in [5.41, 5.74) is -1.09. The van der Waals surface area contributed by atoms with Crippen molar-refractivity contribution in [1.29, 1.82) is 0 Å². The second-order valence-corrected chi connectivity index (χ2v) is 5.94. The van der Waals surface area contributed by atoms with Gasteiger partial charge in [0.25, 0.3) is 11.5 Å². The highest BCUT2D eigenvalue weighted by atomic mass is 16.4. The minimum atomic E-state index is -1.39. The van der Waals surface area contributed by atoms with Crippen LogP contribution in [-0.2, 0) is 12.6 Å². The van der Waals surface area contributed by atoms with Crippen molar-refractivity contribution in [3.63, 3.8) is 0 Å². The van der Waals surface area contributed by atoms with Gasteiger partial charge in [-0.3, -0.25) is 9.59 Å². The maximum absolute atomic E-state index is 12.2. The zero-order chi connectivity index (χ0) is 17.3. The lowest BCUT2D eigenvalue weighted by Crippen LogP contribution is -2.40. The monoisotopic (exact) mass is 326 g/mol. The standard InChI is InChI=1S/C18H18N2O4/c1-18(23,15-10-12-6-3-4-8-14(12)24-15)11-19-16(21)13-7-5-9-20(2)17(13)22/h3-10,23H,11H2,1-2H3,(H,19,21)/t18-/m0/s1. The number of amides is 1. The van der Waals surface area contributed by atoms with E-state index in [4.69, 9.17) is 4.42 Å². The Morgan fingerprint density at radius 1 is 1.29 bits per heavy atom. The summed E-state index contributed by atoms with van der Waals surface area (Å²) in [6, 6.07) is 12.2. The van der Waals surface area contributed by atoms with E-state index in [1.807, 2.05) is 18.2 Å². The van der Waals surface area contributed by atoms with Gasteiger partial charge in [-0.1, -0.05) is 18.2 Å². The van der Waals surface area contributed by atoms with Crippen LogP contribution in [0.15, 0.2) is 57.9 Å². The summed E-state index contributed by atoms with van der Waals surface area (Å²) in [7, 11) is 1.57. The Kier molecular flexibility index (Phi) is 3.99. The highest BCUT2D eigenvalue weighted by Gasteiger charge is 2.28. The third kappa shape index (κ3) is 2.96. The first kappa shape index (κ1) is 16.0. The summed E-state index contributed by atoms with van der Waals surface area (Å²) in [6.07, 6.45) is 1.57. The molecule has 124 valence electrons. The number of benzene rings is 1. The molecule has 0 aliphatic carbocycles. The lowest BCUT2D eigenvalue weighted by molar-refractivity contribution is 0.0344. The van der Waals surface area contributed by atoms with Gasteiger partial charge in [0.05, 0.1) is 6.54 Å². The molecule has 1 atom stereocenters. The summed E-state index contributed by atoms with van der Waals surface area (Å²) in [4.78, 5) is 24.1. The Labute approximate surface area is 138 Å². The highest BCUT2D eigenvalue weighted by molar-refractivity contribution is 5.93. The number of aromatic nitrogens is 1. The van der Waals surface area contributed by atoms with Gasteiger partial charge in [0.15, 0.2) is 0 Å². The number of carbonyl (C=O) groups excluding carboxylic acids is 1. The van der Waals surface area contributed by atoms with Crippen LogP contribution in [0.4, 0.5) is 0 Å². The molecular formula is C18H18N2O4. The molecule has 2 aromatic heterocycles. The van der Waals surface area contributed by atoms with E-state index >= 15 is 0 Å². The number of fused-ring (bicyclic) bond motifs is 1. The molecule has 6 heteroatoms. The molecule has 2 heterocycles. The van der Waals surface area contributed by atoms with Crippen molar-refractivity contribution in [3.8, 4) is 0 Å². The number of nitrogens with zero attached hydrogens (tertiary/aromatic N) is 1. The van der Waals surface area contributed by atoms with Gasteiger partial charge in [0, 0.05) is 18.6 Å². The molecule has 3 rings (SSSR count). The summed E-state index contributed by atoms with van der Waals surface area (Å²) in [5, 5.41) is 14.1. The first-order valence-corrected chi connectivity index (χ1v) is 7.54. The second-order valence-electron chi connectivity index (χ2n) is 5.94. The minimum absolute atomic E-state index is 0.0282. The molecule has 0 saturated carbocycles. The third-order valence-corrected chi connectivity index (χ3v) is 3.92. The van der Waals surface area contributed by atoms with E-state index in [2.05, 4.69) is 5.32 Å². The minimum Gasteiger partial charge on any atom is -0.458 e. The molecule has 0 radical (unpaired) electrons. The number of hydrogen-bond donors (Lipinski definition) is 2. The fraction of sp³-hybridized carbons (Fsp3) is 0.222. The highest BCUT2D eigenvalue weighted by Crippen LogP contribution is 2.27. The molecule has 0 aliphatic heterocycles. The molecular weight excluding hydrogens is 308 g/mol. The Morgan fingerprint density at radius 3 is 2.79 bits per heavy atom. The lowest BCUT2D eigenvalue weighted by Gasteiger charge is -2.21. The number of hydrogen-bond acceptors (Lipinski definition) is 4. The molecule has 6 nitrogen and oxygen atoms in total. The normalized spacial score (nSPS) is 13.6. The molecule has 0 saturated heterocycles. The van der Waals surface area contributed by atoms with Crippen molar-refractivity contribution in [2.75, 3.05) is 6.54 Å². The Bertz CT molecular complexity index is 920. The van der Waals surface area contributed by atoms with Crippen molar-refractivity contribution in [3.05, 3.63) is 70.3 Å². The first-order valence-electron chi connectivity index (χ1n) is 7.54. The molecule has 0 bridgehead atoms. The molecule has 24 heavy (non-hydrogen) atoms. The van der Waals surface area contributed by atoms with Crippen LogP contribution in [0.2, 0.25) is 0 Å². The van der Waals surface area contributed by atoms with E-state index < -0.39 is 17.1 Å². The quantitative estimate of drug-likeness (QED) is 0.765. The van der Waals surface area contributed by atoms with Crippen LogP contribution in [0.5, 0.6) is 0 Å². The van der Waals surface area contributed by atoms with Crippen molar-refractivity contribution in [1.82, 2.24) is 9.88 Å². The topological polar surface area (TPSA) is 84.5 Å². The number of pyridine rings is 1. The van der Waals surface area contributed by atoms with Gasteiger partial charge in [0.2, 0.25) is 0 Å². The van der Waals surface area contributed by atoms with Crippen LogP contribution in [-0.4, -0.2) is 22.1 Å². The Hall–Kier alpha value is -2.86. The second kappa shape index (κ2) is 5.98. The summed E-state index contributed by atoms with van der Waals surface area (Å²) < 4.78 is 6.97.